The van der Waals surface area contributed by atoms with Gasteiger partial charge in [0.15, 0.2) is 5.76 Å². The number of nitrogen functional groups attached to an aromatic ring is 1. The molecule has 34 heavy (non-hydrogen) atoms. The summed E-state index contributed by atoms with van der Waals surface area (Å²) in [5.41, 5.74) is 8.05. The van der Waals surface area contributed by atoms with E-state index in [-0.39, 0.29) is 30.1 Å². The van der Waals surface area contributed by atoms with E-state index in [1.807, 2.05) is 48.5 Å². The number of hydrogen-bond acceptors (Lipinski definition) is 6. The molecule has 0 radical (unpaired) electrons. The third-order valence-electron chi connectivity index (χ3n) is 5.47. The first-order valence-corrected chi connectivity index (χ1v) is 11.6. The molecule has 2 aromatic rings. The quantitative estimate of drug-likeness (QED) is 0.281. The number of amides is 2. The van der Waals surface area contributed by atoms with E-state index in [1.165, 1.54) is 0 Å². The summed E-state index contributed by atoms with van der Waals surface area (Å²) >= 11 is 0. The molecule has 0 bridgehead atoms. The van der Waals surface area contributed by atoms with E-state index in [2.05, 4.69) is 10.6 Å². The topological polar surface area (TPSA) is 123 Å². The normalized spacial score (nSPS) is 17.4. The minimum absolute atomic E-state index is 0.0102. The van der Waals surface area contributed by atoms with Gasteiger partial charge in [0.2, 0.25) is 12.2 Å². The molecule has 2 amide bonds. The van der Waals surface area contributed by atoms with Gasteiger partial charge >= 0.3 is 0 Å². The second-order valence-corrected chi connectivity index (χ2v) is 8.13. The van der Waals surface area contributed by atoms with Crippen LogP contribution in [0.3, 0.4) is 0 Å². The van der Waals surface area contributed by atoms with Crippen molar-refractivity contribution in [3.8, 4) is 0 Å². The number of aliphatic hydroxyl groups excluding tert-OH is 1. The van der Waals surface area contributed by atoms with Gasteiger partial charge in [0.05, 0.1) is 18.0 Å². The maximum absolute atomic E-state index is 12.7. The van der Waals surface area contributed by atoms with Crippen molar-refractivity contribution >= 4 is 23.2 Å². The number of aliphatic hydroxyl groups is 1. The molecule has 0 unspecified atom stereocenters. The fraction of sp³-hybridized carbons (Fsp3) is 0.385. The molecule has 0 aliphatic carbocycles. The number of rotatable bonds is 12. The zero-order valence-corrected chi connectivity index (χ0v) is 19.2. The Hall–Kier alpha value is -3.36. The molecule has 8 heteroatoms. The smallest absolute Gasteiger partial charge is 0.286 e. The van der Waals surface area contributed by atoms with Crippen molar-refractivity contribution in [3.63, 3.8) is 0 Å². The third-order valence-corrected chi connectivity index (χ3v) is 5.47. The number of ether oxygens (including phenoxy) is 2. The van der Waals surface area contributed by atoms with Crippen molar-refractivity contribution in [2.45, 2.75) is 44.3 Å². The molecule has 1 heterocycles. The second kappa shape index (κ2) is 13.4. The standard InChI is InChI=1S/C26H33N3O5/c27-21-11-4-5-12-22(21)29-24(31)13-6-7-14-28-26(32)23-17-20(19-9-2-1-3-10-19)18-25(34-23)33-16-8-15-30/h1-5,9-12,17,20,25,30H,6-8,13-16,18,27H2,(H,28,32)(H,29,31)/t20-,25+/m1/s1. The largest absolute Gasteiger partial charge is 0.459 e. The van der Waals surface area contributed by atoms with Crippen molar-refractivity contribution in [3.05, 3.63) is 72.0 Å². The van der Waals surface area contributed by atoms with Crippen LogP contribution in [0.25, 0.3) is 0 Å². The van der Waals surface area contributed by atoms with Gasteiger partial charge in [-0.25, -0.2) is 0 Å². The van der Waals surface area contributed by atoms with E-state index in [0.717, 1.165) is 5.56 Å². The molecule has 5 N–H and O–H groups in total. The average molecular weight is 468 g/mol. The molecule has 1 aliphatic heterocycles. The number of nitrogens with two attached hydrogens (primary N) is 1. The summed E-state index contributed by atoms with van der Waals surface area (Å²) in [6.07, 6.45) is 3.97. The predicted molar refractivity (Wildman–Crippen MR) is 131 cm³/mol. The lowest BCUT2D eigenvalue weighted by Gasteiger charge is -2.29. The first-order chi connectivity index (χ1) is 16.6. The zero-order chi connectivity index (χ0) is 24.2. The highest BCUT2D eigenvalue weighted by atomic mass is 16.7. The molecule has 0 spiro atoms. The molecule has 2 atom stereocenters. The molecule has 0 saturated heterocycles. The maximum atomic E-state index is 12.7. The Labute approximate surface area is 200 Å². The number of unbranched alkanes of at least 4 members (excludes halogenated alkanes) is 1. The summed E-state index contributed by atoms with van der Waals surface area (Å²) in [5, 5.41) is 14.7. The number of carbonyl (C=O) groups is 2. The van der Waals surface area contributed by atoms with Crippen molar-refractivity contribution in [1.82, 2.24) is 5.32 Å². The number of carbonyl (C=O) groups excluding carboxylic acids is 2. The molecule has 182 valence electrons. The fourth-order valence-electron chi connectivity index (χ4n) is 3.65. The third kappa shape index (κ3) is 7.90. The zero-order valence-electron chi connectivity index (χ0n) is 19.2. The Bertz CT molecular complexity index is 964. The lowest BCUT2D eigenvalue weighted by molar-refractivity contribution is -0.146. The average Bonchev–Trinajstić information content (AvgIpc) is 2.85. The minimum atomic E-state index is -0.559. The van der Waals surface area contributed by atoms with Crippen LogP contribution in [-0.4, -0.2) is 43.0 Å². The SMILES string of the molecule is Nc1ccccc1NC(=O)CCCCNC(=O)C1=C[C@@H](c2ccccc2)C[C@@H](OCCCO)O1. The van der Waals surface area contributed by atoms with Gasteiger partial charge in [-0.3, -0.25) is 9.59 Å². The molecule has 0 saturated carbocycles. The van der Waals surface area contributed by atoms with Crippen LogP contribution in [0.4, 0.5) is 11.4 Å². The second-order valence-electron chi connectivity index (χ2n) is 8.13. The number of anilines is 2. The lowest BCUT2D eigenvalue weighted by atomic mass is 9.93. The van der Waals surface area contributed by atoms with Crippen LogP contribution >= 0.6 is 0 Å². The van der Waals surface area contributed by atoms with Gasteiger partial charge in [0, 0.05) is 31.9 Å². The first-order valence-electron chi connectivity index (χ1n) is 11.6. The molecular weight excluding hydrogens is 434 g/mol. The van der Waals surface area contributed by atoms with Crippen LogP contribution in [-0.2, 0) is 19.1 Å². The van der Waals surface area contributed by atoms with E-state index in [0.29, 0.717) is 56.6 Å². The van der Waals surface area contributed by atoms with E-state index in [9.17, 15) is 9.59 Å². The van der Waals surface area contributed by atoms with Crippen LogP contribution < -0.4 is 16.4 Å². The summed E-state index contributed by atoms with van der Waals surface area (Å²) in [4.78, 5) is 24.8. The summed E-state index contributed by atoms with van der Waals surface area (Å²) in [7, 11) is 0. The fourth-order valence-corrected chi connectivity index (χ4v) is 3.65. The highest BCUT2D eigenvalue weighted by Gasteiger charge is 2.28. The van der Waals surface area contributed by atoms with Gasteiger partial charge in [0.1, 0.15) is 0 Å². The summed E-state index contributed by atoms with van der Waals surface area (Å²) in [6, 6.07) is 17.0. The Morgan fingerprint density at radius 3 is 2.59 bits per heavy atom. The van der Waals surface area contributed by atoms with Gasteiger partial charge in [0.25, 0.3) is 5.91 Å². The highest BCUT2D eigenvalue weighted by molar-refractivity contribution is 5.93. The minimum Gasteiger partial charge on any atom is -0.459 e. The van der Waals surface area contributed by atoms with Gasteiger partial charge in [-0.15, -0.1) is 0 Å². The van der Waals surface area contributed by atoms with E-state index in [1.54, 1.807) is 12.1 Å². The molecule has 8 nitrogen and oxygen atoms in total. The van der Waals surface area contributed by atoms with Crippen molar-refractivity contribution in [2.24, 2.45) is 0 Å². The number of para-hydroxylation sites is 2. The number of nitrogens with one attached hydrogen (secondary N) is 2. The first kappa shape index (κ1) is 25.3. The molecule has 2 aromatic carbocycles. The monoisotopic (exact) mass is 467 g/mol. The Balaban J connectivity index is 1.46. The van der Waals surface area contributed by atoms with Crippen LogP contribution in [0, 0.1) is 0 Å². The number of allylic oxidation sites excluding steroid dienone is 1. The number of benzene rings is 2. The van der Waals surface area contributed by atoms with Crippen molar-refractivity contribution in [1.29, 1.82) is 0 Å². The van der Waals surface area contributed by atoms with Crippen LogP contribution in [0.2, 0.25) is 0 Å². The summed E-state index contributed by atoms with van der Waals surface area (Å²) in [5.74, 6) is -0.204. The molecular formula is C26H33N3O5. The van der Waals surface area contributed by atoms with E-state index >= 15 is 0 Å². The highest BCUT2D eigenvalue weighted by Crippen LogP contribution is 2.31. The van der Waals surface area contributed by atoms with Crippen molar-refractivity contribution < 1.29 is 24.2 Å². The predicted octanol–water partition coefficient (Wildman–Crippen LogP) is 3.31. The Morgan fingerprint density at radius 2 is 1.82 bits per heavy atom. The van der Waals surface area contributed by atoms with Crippen LogP contribution in [0.5, 0.6) is 0 Å². The Morgan fingerprint density at radius 1 is 1.06 bits per heavy atom. The van der Waals surface area contributed by atoms with Crippen LogP contribution in [0.15, 0.2) is 66.4 Å². The van der Waals surface area contributed by atoms with Gasteiger partial charge in [-0.1, -0.05) is 42.5 Å². The summed E-state index contributed by atoms with van der Waals surface area (Å²) < 4.78 is 11.5. The molecule has 0 fully saturated rings. The summed E-state index contributed by atoms with van der Waals surface area (Å²) in [6.45, 7) is 0.815. The van der Waals surface area contributed by atoms with Crippen molar-refractivity contribution in [2.75, 3.05) is 30.8 Å². The van der Waals surface area contributed by atoms with Gasteiger partial charge in [-0.05, 0) is 43.0 Å². The lowest BCUT2D eigenvalue weighted by Crippen LogP contribution is -2.33. The van der Waals surface area contributed by atoms with Crippen LogP contribution in [0.1, 0.15) is 43.6 Å². The molecule has 1 aliphatic rings. The van der Waals surface area contributed by atoms with E-state index in [4.69, 9.17) is 20.3 Å². The maximum Gasteiger partial charge on any atom is 0.286 e. The molecule has 0 aromatic heterocycles. The van der Waals surface area contributed by atoms with Gasteiger partial charge < -0.3 is 30.9 Å². The Kier molecular flexibility index (Phi) is 9.94. The van der Waals surface area contributed by atoms with Gasteiger partial charge in [-0.2, -0.15) is 0 Å². The molecule has 3 rings (SSSR count). The number of hydrogen-bond donors (Lipinski definition) is 4. The van der Waals surface area contributed by atoms with E-state index < -0.39 is 6.29 Å².